The van der Waals surface area contributed by atoms with E-state index in [9.17, 15) is 4.79 Å². The summed E-state index contributed by atoms with van der Waals surface area (Å²) in [7, 11) is 0. The molecule has 0 aliphatic rings. The molecule has 18 heavy (non-hydrogen) atoms. The van der Waals surface area contributed by atoms with Crippen LogP contribution >= 0.6 is 11.3 Å². The van der Waals surface area contributed by atoms with E-state index in [0.29, 0.717) is 0 Å². The normalized spacial score (nSPS) is 10.6. The zero-order valence-corrected chi connectivity index (χ0v) is 11.2. The highest BCUT2D eigenvalue weighted by Gasteiger charge is 2.06. The summed E-state index contributed by atoms with van der Waals surface area (Å²) in [4.78, 5) is 12.2. The van der Waals surface area contributed by atoms with E-state index < -0.39 is 0 Å². The fraction of sp³-hybridized carbons (Fsp3) is 0.333. The first-order chi connectivity index (χ1) is 8.66. The van der Waals surface area contributed by atoms with Gasteiger partial charge in [0.2, 0.25) is 5.91 Å². The van der Waals surface area contributed by atoms with E-state index in [0.717, 1.165) is 34.9 Å². The molecule has 96 valence electrons. The molecule has 0 aliphatic heterocycles. The highest BCUT2D eigenvalue weighted by Crippen LogP contribution is 2.22. The molecule has 6 heteroatoms. The summed E-state index contributed by atoms with van der Waals surface area (Å²) in [6.07, 6.45) is 1.82. The first-order valence-corrected chi connectivity index (χ1v) is 6.58. The van der Waals surface area contributed by atoms with Crippen LogP contribution < -0.4 is 10.6 Å². The van der Waals surface area contributed by atoms with Crippen LogP contribution in [0.1, 0.15) is 23.1 Å². The first-order valence-electron chi connectivity index (χ1n) is 5.70. The number of carbonyl (C=O) groups excluding carboxylic acids is 1. The average Bonchev–Trinajstić information content (AvgIpc) is 2.89. The van der Waals surface area contributed by atoms with Gasteiger partial charge in [0.15, 0.2) is 0 Å². The molecule has 0 aromatic carbocycles. The number of H-pyrrole nitrogens is 1. The van der Waals surface area contributed by atoms with Crippen molar-refractivity contribution in [2.75, 3.05) is 5.32 Å². The van der Waals surface area contributed by atoms with Gasteiger partial charge in [-0.25, -0.2) is 0 Å². The van der Waals surface area contributed by atoms with Crippen molar-refractivity contribution in [3.05, 3.63) is 33.8 Å². The van der Waals surface area contributed by atoms with Gasteiger partial charge in [0.25, 0.3) is 0 Å². The lowest BCUT2D eigenvalue weighted by Crippen LogP contribution is -2.14. The van der Waals surface area contributed by atoms with Crippen LogP contribution in [0.2, 0.25) is 0 Å². The quantitative estimate of drug-likeness (QED) is 0.774. The molecular formula is C12H16N4OS. The number of aryl methyl sites for hydroxylation is 1. The Morgan fingerprint density at radius 2 is 2.33 bits per heavy atom. The van der Waals surface area contributed by atoms with Crippen LogP contribution in [-0.2, 0) is 17.9 Å². The molecule has 2 rings (SSSR count). The number of carbonyl (C=O) groups is 1. The molecule has 2 aromatic rings. The van der Waals surface area contributed by atoms with Gasteiger partial charge >= 0.3 is 0 Å². The minimum absolute atomic E-state index is 0.0414. The van der Waals surface area contributed by atoms with E-state index >= 15 is 0 Å². The molecular weight excluding hydrogens is 248 g/mol. The van der Waals surface area contributed by atoms with E-state index in [-0.39, 0.29) is 5.91 Å². The molecule has 0 bridgehead atoms. The minimum atomic E-state index is -0.0414. The monoisotopic (exact) mass is 264 g/mol. The van der Waals surface area contributed by atoms with Crippen LogP contribution in [0.5, 0.6) is 0 Å². The fourth-order valence-electron chi connectivity index (χ4n) is 1.64. The molecule has 0 atom stereocenters. The van der Waals surface area contributed by atoms with Crippen LogP contribution in [0, 0.1) is 6.92 Å². The largest absolute Gasteiger partial charge is 0.325 e. The Labute approximate surface area is 110 Å². The molecule has 0 fully saturated rings. The average molecular weight is 264 g/mol. The van der Waals surface area contributed by atoms with Gasteiger partial charge in [-0.05, 0) is 18.4 Å². The second kappa shape index (κ2) is 5.79. The number of anilines is 1. The number of hydrogen-bond donors (Lipinski definition) is 3. The predicted octanol–water partition coefficient (Wildman–Crippen LogP) is 2.03. The Bertz CT molecular complexity index is 532. The second-order valence-electron chi connectivity index (χ2n) is 4.06. The van der Waals surface area contributed by atoms with Gasteiger partial charge in [-0.15, -0.1) is 11.3 Å². The Hall–Kier alpha value is -1.66. The highest BCUT2D eigenvalue weighted by molar-refractivity contribution is 7.10. The lowest BCUT2D eigenvalue weighted by Gasteiger charge is -2.06. The third kappa shape index (κ3) is 3.18. The Morgan fingerprint density at radius 1 is 1.50 bits per heavy atom. The van der Waals surface area contributed by atoms with Crippen molar-refractivity contribution in [3.63, 3.8) is 0 Å². The maximum atomic E-state index is 11.0. The third-order valence-corrected chi connectivity index (χ3v) is 3.51. The van der Waals surface area contributed by atoms with Gasteiger partial charge in [-0.3, -0.25) is 9.89 Å². The van der Waals surface area contributed by atoms with E-state index in [2.05, 4.69) is 20.8 Å². The number of rotatable bonds is 5. The van der Waals surface area contributed by atoms with Crippen molar-refractivity contribution in [1.82, 2.24) is 15.5 Å². The Morgan fingerprint density at radius 3 is 3.00 bits per heavy atom. The Kier molecular flexibility index (Phi) is 4.11. The van der Waals surface area contributed by atoms with Gasteiger partial charge in [0.05, 0.1) is 11.9 Å². The summed E-state index contributed by atoms with van der Waals surface area (Å²) in [6, 6.07) is 1.92. The van der Waals surface area contributed by atoms with E-state index in [1.807, 2.05) is 24.6 Å². The SMILES string of the molecule is CC(=O)Nc1ccsc1CNCc1cn[nH]c1C. The van der Waals surface area contributed by atoms with Crippen LogP contribution in [0.15, 0.2) is 17.6 Å². The first kappa shape index (κ1) is 12.8. The number of aromatic nitrogens is 2. The van der Waals surface area contributed by atoms with Crippen LogP contribution in [-0.4, -0.2) is 16.1 Å². The van der Waals surface area contributed by atoms with Gasteiger partial charge in [-0.1, -0.05) is 0 Å². The topological polar surface area (TPSA) is 69.8 Å². The fourth-order valence-corrected chi connectivity index (χ4v) is 2.44. The van der Waals surface area contributed by atoms with Gasteiger partial charge in [0.1, 0.15) is 0 Å². The number of thiophene rings is 1. The summed E-state index contributed by atoms with van der Waals surface area (Å²) in [5.41, 5.74) is 3.13. The molecule has 2 aromatic heterocycles. The smallest absolute Gasteiger partial charge is 0.221 e. The standard InChI is InChI=1S/C12H16N4OS/c1-8-10(6-14-16-8)5-13-7-12-11(3-4-18-12)15-9(2)17/h3-4,6,13H,5,7H2,1-2H3,(H,14,16)(H,15,17). The maximum absolute atomic E-state index is 11.0. The number of nitrogens with one attached hydrogen (secondary N) is 3. The molecule has 2 heterocycles. The molecule has 0 saturated carbocycles. The summed E-state index contributed by atoms with van der Waals surface area (Å²) in [5, 5.41) is 15.0. The molecule has 0 unspecified atom stereocenters. The van der Waals surface area contributed by atoms with Crippen molar-refractivity contribution < 1.29 is 4.79 Å². The third-order valence-electron chi connectivity index (χ3n) is 2.59. The van der Waals surface area contributed by atoms with Crippen molar-refractivity contribution in [2.45, 2.75) is 26.9 Å². The molecule has 0 spiro atoms. The van der Waals surface area contributed by atoms with E-state index in [4.69, 9.17) is 0 Å². The number of aromatic amines is 1. The highest BCUT2D eigenvalue weighted by atomic mass is 32.1. The zero-order chi connectivity index (χ0) is 13.0. The van der Waals surface area contributed by atoms with Crippen molar-refractivity contribution in [1.29, 1.82) is 0 Å². The summed E-state index contributed by atoms with van der Waals surface area (Å²) < 4.78 is 0. The predicted molar refractivity (Wildman–Crippen MR) is 72.5 cm³/mol. The molecule has 0 saturated heterocycles. The molecule has 3 N–H and O–H groups in total. The summed E-state index contributed by atoms with van der Waals surface area (Å²) >= 11 is 1.63. The molecule has 5 nitrogen and oxygen atoms in total. The molecule has 0 radical (unpaired) electrons. The lowest BCUT2D eigenvalue weighted by molar-refractivity contribution is -0.114. The van der Waals surface area contributed by atoms with E-state index in [1.54, 1.807) is 11.3 Å². The van der Waals surface area contributed by atoms with Crippen molar-refractivity contribution in [3.8, 4) is 0 Å². The zero-order valence-electron chi connectivity index (χ0n) is 10.4. The van der Waals surface area contributed by atoms with Crippen molar-refractivity contribution >= 4 is 22.9 Å². The van der Waals surface area contributed by atoms with Gasteiger partial charge < -0.3 is 10.6 Å². The summed E-state index contributed by atoms with van der Waals surface area (Å²) in [6.45, 7) is 5.01. The second-order valence-corrected chi connectivity index (χ2v) is 5.06. The van der Waals surface area contributed by atoms with Crippen LogP contribution in [0.25, 0.3) is 0 Å². The van der Waals surface area contributed by atoms with E-state index in [1.165, 1.54) is 6.92 Å². The molecule has 1 amide bonds. The van der Waals surface area contributed by atoms with Gasteiger partial charge in [-0.2, -0.15) is 5.10 Å². The Balaban J connectivity index is 1.89. The number of nitrogens with zero attached hydrogens (tertiary/aromatic N) is 1. The number of amides is 1. The van der Waals surface area contributed by atoms with Crippen LogP contribution in [0.4, 0.5) is 5.69 Å². The lowest BCUT2D eigenvalue weighted by atomic mass is 10.2. The number of hydrogen-bond acceptors (Lipinski definition) is 4. The maximum Gasteiger partial charge on any atom is 0.221 e. The van der Waals surface area contributed by atoms with Gasteiger partial charge in [0, 0.05) is 36.1 Å². The molecule has 0 aliphatic carbocycles. The minimum Gasteiger partial charge on any atom is -0.325 e. The summed E-state index contributed by atoms with van der Waals surface area (Å²) in [5.74, 6) is -0.0414. The van der Waals surface area contributed by atoms with Crippen LogP contribution in [0.3, 0.4) is 0 Å². The van der Waals surface area contributed by atoms with Crippen molar-refractivity contribution in [2.24, 2.45) is 0 Å².